The molecule has 1 aromatic heterocycles. The number of nitrogens with two attached hydrogens (primary N) is 1. The van der Waals surface area contributed by atoms with Crippen LogP contribution in [0.5, 0.6) is 5.75 Å². The van der Waals surface area contributed by atoms with E-state index in [4.69, 9.17) is 10.8 Å². The molecular weight excluding hydrogens is 500 g/mol. The molecule has 1 heterocycles. The van der Waals surface area contributed by atoms with Crippen molar-refractivity contribution in [2.45, 2.75) is 57.3 Å². The maximum absolute atomic E-state index is 13.2. The SMILES string of the molecule is CC(C)C(NC(=O)C(N)CC(=O)O)C(=O)NC(Cc1cnc[nH]1)C(=O)NC(Cc1ccc(O)cc1)C(=O)O. The number of aromatic nitrogens is 2. The number of phenolic OH excluding ortho intramolecular Hbond substituents is 1. The Hall–Kier alpha value is -4.46. The van der Waals surface area contributed by atoms with Crippen LogP contribution >= 0.6 is 0 Å². The minimum absolute atomic E-state index is 0.00251. The fourth-order valence-electron chi connectivity index (χ4n) is 3.50. The van der Waals surface area contributed by atoms with Crippen LogP contribution in [0.1, 0.15) is 31.5 Å². The van der Waals surface area contributed by atoms with Crippen LogP contribution in [-0.4, -0.2) is 79.1 Å². The summed E-state index contributed by atoms with van der Waals surface area (Å²) in [6, 6.07) is 0.672. The number of rotatable bonds is 14. The van der Waals surface area contributed by atoms with Crippen LogP contribution in [0.15, 0.2) is 36.8 Å². The Bertz CT molecular complexity index is 1120. The zero-order valence-corrected chi connectivity index (χ0v) is 20.9. The van der Waals surface area contributed by atoms with Crippen LogP contribution in [-0.2, 0) is 36.8 Å². The predicted octanol–water partition coefficient (Wildman–Crippen LogP) is -1.10. The Morgan fingerprint density at radius 2 is 1.55 bits per heavy atom. The number of nitrogens with one attached hydrogen (secondary N) is 4. The molecule has 4 atom stereocenters. The largest absolute Gasteiger partial charge is 0.508 e. The van der Waals surface area contributed by atoms with Gasteiger partial charge in [0.25, 0.3) is 0 Å². The lowest BCUT2D eigenvalue weighted by Gasteiger charge is -2.26. The number of carboxylic acid groups (broad SMARTS) is 2. The van der Waals surface area contributed by atoms with Crippen LogP contribution in [0.2, 0.25) is 0 Å². The van der Waals surface area contributed by atoms with Gasteiger partial charge in [0.2, 0.25) is 17.7 Å². The summed E-state index contributed by atoms with van der Waals surface area (Å²) in [5.41, 5.74) is 6.61. The number of aliphatic carboxylic acids is 2. The van der Waals surface area contributed by atoms with E-state index < -0.39 is 66.2 Å². The van der Waals surface area contributed by atoms with Gasteiger partial charge in [-0.25, -0.2) is 9.78 Å². The molecule has 3 amide bonds. The molecule has 0 spiro atoms. The number of nitrogens with zero attached hydrogens (tertiary/aromatic N) is 1. The highest BCUT2D eigenvalue weighted by atomic mass is 16.4. The first-order chi connectivity index (χ1) is 17.9. The van der Waals surface area contributed by atoms with Gasteiger partial charge < -0.3 is 42.0 Å². The van der Waals surface area contributed by atoms with Crippen LogP contribution in [0.25, 0.3) is 0 Å². The number of carboxylic acids is 2. The molecule has 0 saturated heterocycles. The Morgan fingerprint density at radius 3 is 2.08 bits per heavy atom. The van der Waals surface area contributed by atoms with Crippen LogP contribution in [0.3, 0.4) is 0 Å². The van der Waals surface area contributed by atoms with Gasteiger partial charge in [-0.05, 0) is 23.6 Å². The van der Waals surface area contributed by atoms with Gasteiger partial charge in [0.1, 0.15) is 23.9 Å². The van der Waals surface area contributed by atoms with Crippen molar-refractivity contribution in [2.75, 3.05) is 0 Å². The lowest BCUT2D eigenvalue weighted by Crippen LogP contribution is -2.59. The number of hydrogen-bond donors (Lipinski definition) is 8. The first-order valence-electron chi connectivity index (χ1n) is 11.7. The molecule has 2 aromatic rings. The molecule has 9 N–H and O–H groups in total. The maximum atomic E-state index is 13.2. The van der Waals surface area contributed by atoms with Crippen molar-refractivity contribution in [3.63, 3.8) is 0 Å². The van der Waals surface area contributed by atoms with Gasteiger partial charge in [0.05, 0.1) is 18.8 Å². The van der Waals surface area contributed by atoms with Crippen molar-refractivity contribution in [2.24, 2.45) is 11.7 Å². The first kappa shape index (κ1) is 29.8. The fourth-order valence-corrected chi connectivity index (χ4v) is 3.50. The summed E-state index contributed by atoms with van der Waals surface area (Å²) < 4.78 is 0. The lowest BCUT2D eigenvalue weighted by atomic mass is 10.0. The molecule has 0 bridgehead atoms. The average Bonchev–Trinajstić information content (AvgIpc) is 3.35. The number of aromatic hydroxyl groups is 1. The molecule has 206 valence electrons. The quantitative estimate of drug-likeness (QED) is 0.146. The molecule has 0 aliphatic heterocycles. The number of carbonyl (C=O) groups excluding carboxylic acids is 3. The van der Waals surface area contributed by atoms with Gasteiger partial charge in [-0.1, -0.05) is 26.0 Å². The van der Waals surface area contributed by atoms with Crippen molar-refractivity contribution in [1.29, 1.82) is 0 Å². The van der Waals surface area contributed by atoms with Crippen molar-refractivity contribution in [1.82, 2.24) is 25.9 Å². The van der Waals surface area contributed by atoms with E-state index in [0.717, 1.165) is 0 Å². The normalized spacial score (nSPS) is 14.1. The monoisotopic (exact) mass is 532 g/mol. The standard InChI is InChI=1S/C24H32N6O8/c1-12(2)20(30-21(34)16(25)9-19(32)33)23(36)28-17(8-14-10-26-11-27-14)22(35)29-18(24(37)38)7-13-3-5-15(31)6-4-13/h3-6,10-12,16-18,20,31H,7-9,25H2,1-2H3,(H,26,27)(H,28,36)(H,29,35)(H,30,34)(H,32,33)(H,37,38). The summed E-state index contributed by atoms with van der Waals surface area (Å²) in [4.78, 5) is 68.0. The third-order valence-corrected chi connectivity index (χ3v) is 5.58. The highest BCUT2D eigenvalue weighted by Gasteiger charge is 2.32. The Labute approximate surface area is 218 Å². The minimum atomic E-state index is -1.39. The molecule has 14 nitrogen and oxygen atoms in total. The smallest absolute Gasteiger partial charge is 0.326 e. The number of imidazole rings is 1. The van der Waals surface area contributed by atoms with Gasteiger partial charge in [-0.2, -0.15) is 0 Å². The molecular formula is C24H32N6O8. The molecule has 4 unspecified atom stereocenters. The highest BCUT2D eigenvalue weighted by Crippen LogP contribution is 2.12. The molecule has 0 aliphatic rings. The van der Waals surface area contributed by atoms with Gasteiger partial charge in [-0.15, -0.1) is 0 Å². The zero-order valence-electron chi connectivity index (χ0n) is 20.9. The predicted molar refractivity (Wildman–Crippen MR) is 133 cm³/mol. The molecule has 2 rings (SSSR count). The van der Waals surface area contributed by atoms with E-state index in [1.165, 1.54) is 36.8 Å². The third kappa shape index (κ3) is 9.20. The van der Waals surface area contributed by atoms with E-state index in [1.807, 2.05) is 0 Å². The minimum Gasteiger partial charge on any atom is -0.508 e. The van der Waals surface area contributed by atoms with Gasteiger partial charge in [0, 0.05) is 24.7 Å². The van der Waals surface area contributed by atoms with Crippen molar-refractivity contribution >= 4 is 29.7 Å². The Balaban J connectivity index is 2.19. The van der Waals surface area contributed by atoms with E-state index in [9.17, 15) is 34.2 Å². The summed E-state index contributed by atoms with van der Waals surface area (Å²) in [5, 5.41) is 35.3. The zero-order chi connectivity index (χ0) is 28.4. The second-order valence-electron chi connectivity index (χ2n) is 9.05. The molecule has 14 heteroatoms. The molecule has 0 radical (unpaired) electrons. The van der Waals surface area contributed by atoms with Gasteiger partial charge in [0.15, 0.2) is 0 Å². The number of benzene rings is 1. The fraction of sp³-hybridized carbons (Fsp3) is 0.417. The van der Waals surface area contributed by atoms with E-state index >= 15 is 0 Å². The second-order valence-corrected chi connectivity index (χ2v) is 9.05. The maximum Gasteiger partial charge on any atom is 0.326 e. The van der Waals surface area contributed by atoms with E-state index in [-0.39, 0.29) is 18.6 Å². The number of H-pyrrole nitrogens is 1. The molecule has 38 heavy (non-hydrogen) atoms. The van der Waals surface area contributed by atoms with Crippen LogP contribution in [0, 0.1) is 5.92 Å². The van der Waals surface area contributed by atoms with Gasteiger partial charge >= 0.3 is 11.9 Å². The summed E-state index contributed by atoms with van der Waals surface area (Å²) in [6.45, 7) is 3.27. The summed E-state index contributed by atoms with van der Waals surface area (Å²) >= 11 is 0. The number of aromatic amines is 1. The number of phenols is 1. The van der Waals surface area contributed by atoms with Crippen molar-refractivity contribution < 1.29 is 39.3 Å². The topological polar surface area (TPSA) is 237 Å². The van der Waals surface area contributed by atoms with Crippen LogP contribution < -0.4 is 21.7 Å². The van der Waals surface area contributed by atoms with E-state index in [2.05, 4.69) is 25.9 Å². The van der Waals surface area contributed by atoms with E-state index in [1.54, 1.807) is 13.8 Å². The second kappa shape index (κ2) is 13.7. The Morgan fingerprint density at radius 1 is 0.921 bits per heavy atom. The average molecular weight is 533 g/mol. The number of hydrogen-bond acceptors (Lipinski definition) is 8. The molecule has 0 saturated carbocycles. The first-order valence-corrected chi connectivity index (χ1v) is 11.7. The highest BCUT2D eigenvalue weighted by molar-refractivity contribution is 5.95. The van der Waals surface area contributed by atoms with E-state index in [0.29, 0.717) is 11.3 Å². The van der Waals surface area contributed by atoms with Crippen LogP contribution in [0.4, 0.5) is 0 Å². The Kier molecular flexibility index (Phi) is 10.8. The molecule has 0 aliphatic carbocycles. The van der Waals surface area contributed by atoms with Crippen molar-refractivity contribution in [3.05, 3.63) is 48.0 Å². The van der Waals surface area contributed by atoms with Crippen molar-refractivity contribution in [3.8, 4) is 5.75 Å². The lowest BCUT2D eigenvalue weighted by molar-refractivity contribution is -0.142. The number of amides is 3. The summed E-state index contributed by atoms with van der Waals surface area (Å²) in [6.07, 6.45) is 2.02. The molecule has 1 aromatic carbocycles. The number of carbonyl (C=O) groups is 5. The summed E-state index contributed by atoms with van der Waals surface area (Å²) in [5.74, 6) is -5.45. The molecule has 0 fully saturated rings. The van der Waals surface area contributed by atoms with Gasteiger partial charge in [-0.3, -0.25) is 19.2 Å². The third-order valence-electron chi connectivity index (χ3n) is 5.58. The summed E-state index contributed by atoms with van der Waals surface area (Å²) in [7, 11) is 0.